The van der Waals surface area contributed by atoms with Gasteiger partial charge in [-0.1, -0.05) is 17.7 Å². The third-order valence-corrected chi connectivity index (χ3v) is 3.16. The quantitative estimate of drug-likeness (QED) is 0.696. The van der Waals surface area contributed by atoms with Gasteiger partial charge in [-0.15, -0.1) is 0 Å². The second-order valence-corrected chi connectivity index (χ2v) is 4.81. The number of halogens is 1. The number of carbonyl (C=O) groups is 1. The summed E-state index contributed by atoms with van der Waals surface area (Å²) in [6.45, 7) is 0. The molecule has 20 heavy (non-hydrogen) atoms. The number of hydrogen-bond donors (Lipinski definition) is 0. The second-order valence-electron chi connectivity index (χ2n) is 4.38. The highest BCUT2D eigenvalue weighted by Gasteiger charge is 2.13. The predicted octanol–water partition coefficient (Wildman–Crippen LogP) is 2.74. The van der Waals surface area contributed by atoms with Crippen LogP contribution in [0.25, 0.3) is 16.9 Å². The smallest absolute Gasteiger partial charge is 0.153 e. The van der Waals surface area contributed by atoms with E-state index in [1.54, 1.807) is 33.9 Å². The first-order valence-electron chi connectivity index (χ1n) is 5.97. The normalized spacial score (nSPS) is 10.7. The summed E-state index contributed by atoms with van der Waals surface area (Å²) in [5, 5.41) is 9.16. The van der Waals surface area contributed by atoms with E-state index in [4.69, 9.17) is 11.6 Å². The van der Waals surface area contributed by atoms with Gasteiger partial charge in [0, 0.05) is 30.0 Å². The Morgan fingerprint density at radius 2 is 2.15 bits per heavy atom. The summed E-state index contributed by atoms with van der Waals surface area (Å²) in [4.78, 5) is 11.2. The molecule has 0 saturated heterocycles. The van der Waals surface area contributed by atoms with E-state index in [-0.39, 0.29) is 0 Å². The van der Waals surface area contributed by atoms with E-state index in [0.29, 0.717) is 16.3 Å². The lowest BCUT2D eigenvalue weighted by Crippen LogP contribution is -1.94. The third kappa shape index (κ3) is 2.23. The SMILES string of the molecule is Cn1cc(-c2nn(-c3cccc(Cl)c3)cc2C=O)cn1. The van der Waals surface area contributed by atoms with Gasteiger partial charge in [0.1, 0.15) is 5.69 Å². The molecule has 0 atom stereocenters. The van der Waals surface area contributed by atoms with E-state index < -0.39 is 0 Å². The minimum Gasteiger partial charge on any atom is -0.298 e. The van der Waals surface area contributed by atoms with Crippen molar-refractivity contribution in [1.82, 2.24) is 19.6 Å². The van der Waals surface area contributed by atoms with E-state index in [1.807, 2.05) is 25.4 Å². The first-order valence-corrected chi connectivity index (χ1v) is 6.35. The van der Waals surface area contributed by atoms with Gasteiger partial charge in [-0.05, 0) is 18.2 Å². The van der Waals surface area contributed by atoms with Crippen LogP contribution in [0, 0.1) is 0 Å². The molecular weight excluding hydrogens is 276 g/mol. The minimum atomic E-state index is 0.512. The van der Waals surface area contributed by atoms with Crippen LogP contribution in [-0.4, -0.2) is 25.8 Å². The fraction of sp³-hybridized carbons (Fsp3) is 0.0714. The lowest BCUT2D eigenvalue weighted by molar-refractivity contribution is 0.112. The second kappa shape index (κ2) is 4.94. The first-order chi connectivity index (χ1) is 9.67. The highest BCUT2D eigenvalue weighted by molar-refractivity contribution is 6.30. The van der Waals surface area contributed by atoms with E-state index in [9.17, 15) is 4.79 Å². The Hall–Kier alpha value is -2.40. The molecule has 6 heteroatoms. The van der Waals surface area contributed by atoms with Gasteiger partial charge in [0.25, 0.3) is 0 Å². The van der Waals surface area contributed by atoms with Crippen molar-refractivity contribution in [3.05, 3.63) is 53.4 Å². The molecule has 0 aliphatic heterocycles. The average molecular weight is 287 g/mol. The number of carbonyl (C=O) groups excluding carboxylic acids is 1. The summed E-state index contributed by atoms with van der Waals surface area (Å²) in [5.41, 5.74) is 2.72. The Bertz CT molecular complexity index is 775. The Labute approximate surface area is 120 Å². The van der Waals surface area contributed by atoms with Crippen LogP contribution in [0.3, 0.4) is 0 Å². The van der Waals surface area contributed by atoms with Crippen LogP contribution in [0.2, 0.25) is 5.02 Å². The van der Waals surface area contributed by atoms with Crippen LogP contribution in [0.5, 0.6) is 0 Å². The number of rotatable bonds is 3. The van der Waals surface area contributed by atoms with Crippen LogP contribution >= 0.6 is 11.6 Å². The van der Waals surface area contributed by atoms with E-state index in [2.05, 4.69) is 10.2 Å². The zero-order valence-electron chi connectivity index (χ0n) is 10.7. The summed E-state index contributed by atoms with van der Waals surface area (Å²) >= 11 is 5.97. The van der Waals surface area contributed by atoms with Crippen molar-refractivity contribution >= 4 is 17.9 Å². The zero-order chi connectivity index (χ0) is 14.1. The van der Waals surface area contributed by atoms with Crippen LogP contribution in [-0.2, 0) is 7.05 Å². The number of benzene rings is 1. The molecule has 0 aliphatic carbocycles. The Morgan fingerprint density at radius 3 is 2.80 bits per heavy atom. The molecule has 0 radical (unpaired) electrons. The van der Waals surface area contributed by atoms with Crippen LogP contribution in [0.4, 0.5) is 0 Å². The Kier molecular flexibility index (Phi) is 3.12. The summed E-state index contributed by atoms with van der Waals surface area (Å²) in [6, 6.07) is 7.29. The number of hydrogen-bond acceptors (Lipinski definition) is 3. The third-order valence-electron chi connectivity index (χ3n) is 2.92. The van der Waals surface area contributed by atoms with Crippen LogP contribution in [0.1, 0.15) is 10.4 Å². The monoisotopic (exact) mass is 286 g/mol. The fourth-order valence-corrected chi connectivity index (χ4v) is 2.18. The predicted molar refractivity (Wildman–Crippen MR) is 76.2 cm³/mol. The van der Waals surface area contributed by atoms with E-state index >= 15 is 0 Å². The van der Waals surface area contributed by atoms with E-state index in [1.165, 1.54) is 0 Å². The topological polar surface area (TPSA) is 52.7 Å². The summed E-state index contributed by atoms with van der Waals surface area (Å²) in [7, 11) is 1.82. The van der Waals surface area contributed by atoms with Gasteiger partial charge in [0.2, 0.25) is 0 Å². The Morgan fingerprint density at radius 1 is 1.30 bits per heavy atom. The van der Waals surface area contributed by atoms with Gasteiger partial charge in [0.05, 0.1) is 17.4 Å². The van der Waals surface area contributed by atoms with Crippen molar-refractivity contribution in [3.8, 4) is 16.9 Å². The minimum absolute atomic E-state index is 0.512. The molecular formula is C14H11ClN4O. The number of aryl methyl sites for hydroxylation is 1. The summed E-state index contributed by atoms with van der Waals surface area (Å²) in [6.07, 6.45) is 5.96. The van der Waals surface area contributed by atoms with Gasteiger partial charge in [-0.25, -0.2) is 4.68 Å². The fourth-order valence-electron chi connectivity index (χ4n) is 1.99. The number of aromatic nitrogens is 4. The number of aldehydes is 1. The summed E-state index contributed by atoms with van der Waals surface area (Å²) < 4.78 is 3.31. The molecule has 0 aliphatic rings. The van der Waals surface area contributed by atoms with Gasteiger partial charge in [-0.3, -0.25) is 9.48 Å². The first kappa shape index (κ1) is 12.6. The molecule has 1 aromatic carbocycles. The van der Waals surface area contributed by atoms with Gasteiger partial charge >= 0.3 is 0 Å². The molecule has 5 nitrogen and oxygen atoms in total. The zero-order valence-corrected chi connectivity index (χ0v) is 11.4. The molecule has 2 aromatic heterocycles. The maximum Gasteiger partial charge on any atom is 0.153 e. The maximum atomic E-state index is 11.2. The molecule has 100 valence electrons. The van der Waals surface area contributed by atoms with Crippen molar-refractivity contribution in [2.45, 2.75) is 0 Å². The molecule has 0 N–H and O–H groups in total. The van der Waals surface area contributed by atoms with Crippen LogP contribution < -0.4 is 0 Å². The molecule has 0 bridgehead atoms. The van der Waals surface area contributed by atoms with Crippen molar-refractivity contribution < 1.29 is 4.79 Å². The van der Waals surface area contributed by atoms with E-state index in [0.717, 1.165) is 17.5 Å². The van der Waals surface area contributed by atoms with Crippen molar-refractivity contribution in [2.75, 3.05) is 0 Å². The van der Waals surface area contributed by atoms with Gasteiger partial charge in [-0.2, -0.15) is 10.2 Å². The molecule has 0 fully saturated rings. The maximum absolute atomic E-state index is 11.2. The van der Waals surface area contributed by atoms with Crippen molar-refractivity contribution in [1.29, 1.82) is 0 Å². The van der Waals surface area contributed by atoms with Crippen LogP contribution in [0.15, 0.2) is 42.9 Å². The van der Waals surface area contributed by atoms with Gasteiger partial charge < -0.3 is 0 Å². The highest BCUT2D eigenvalue weighted by atomic mass is 35.5. The molecule has 3 rings (SSSR count). The highest BCUT2D eigenvalue weighted by Crippen LogP contribution is 2.22. The molecule has 0 unspecified atom stereocenters. The lowest BCUT2D eigenvalue weighted by atomic mass is 10.2. The molecule has 0 saturated carbocycles. The standard InChI is InChI=1S/C14H11ClN4O/c1-18-7-10(6-16-18)14-11(9-20)8-19(17-14)13-4-2-3-12(15)5-13/h2-9H,1H3. The molecule has 0 amide bonds. The number of nitrogens with zero attached hydrogens (tertiary/aromatic N) is 4. The molecule has 2 heterocycles. The Balaban J connectivity index is 2.11. The van der Waals surface area contributed by atoms with Crippen molar-refractivity contribution in [2.24, 2.45) is 7.05 Å². The molecule has 0 spiro atoms. The largest absolute Gasteiger partial charge is 0.298 e. The lowest BCUT2D eigenvalue weighted by Gasteiger charge is -2.00. The van der Waals surface area contributed by atoms with Crippen molar-refractivity contribution in [3.63, 3.8) is 0 Å². The molecule has 3 aromatic rings. The summed E-state index contributed by atoms with van der Waals surface area (Å²) in [5.74, 6) is 0. The van der Waals surface area contributed by atoms with Gasteiger partial charge in [0.15, 0.2) is 6.29 Å². The average Bonchev–Trinajstić information content (AvgIpc) is 3.04.